The average molecular weight is 199 g/mol. The summed E-state index contributed by atoms with van der Waals surface area (Å²) in [6, 6.07) is 3.61. The summed E-state index contributed by atoms with van der Waals surface area (Å²) in [6.45, 7) is 3.76. The standard InChI is InChI=1S/C9H11ClN2O/c1-6-3-8(4-7(2)11-6)12-9(13)5-10/h3-4H,5H2,1-2H3,(H,11,12,13). The Hall–Kier alpha value is -1.09. The van der Waals surface area contributed by atoms with Crippen molar-refractivity contribution in [1.82, 2.24) is 4.98 Å². The zero-order valence-corrected chi connectivity index (χ0v) is 8.35. The van der Waals surface area contributed by atoms with Gasteiger partial charge in [-0.2, -0.15) is 0 Å². The third-order valence-electron chi connectivity index (χ3n) is 1.49. The Kier molecular flexibility index (Phi) is 3.25. The van der Waals surface area contributed by atoms with Crippen LogP contribution in [0, 0.1) is 13.8 Å². The monoisotopic (exact) mass is 198 g/mol. The molecule has 0 radical (unpaired) electrons. The number of carbonyl (C=O) groups excluding carboxylic acids is 1. The summed E-state index contributed by atoms with van der Waals surface area (Å²) in [6.07, 6.45) is 0. The SMILES string of the molecule is Cc1cc(NC(=O)CCl)cc(C)n1. The van der Waals surface area contributed by atoms with Gasteiger partial charge in [0.1, 0.15) is 5.88 Å². The van der Waals surface area contributed by atoms with Crippen LogP contribution in [0.1, 0.15) is 11.4 Å². The highest BCUT2D eigenvalue weighted by molar-refractivity contribution is 6.29. The minimum absolute atomic E-state index is 0.0274. The molecule has 0 bridgehead atoms. The third-order valence-corrected chi connectivity index (χ3v) is 1.73. The maximum Gasteiger partial charge on any atom is 0.239 e. The highest BCUT2D eigenvalue weighted by atomic mass is 35.5. The summed E-state index contributed by atoms with van der Waals surface area (Å²) in [7, 11) is 0. The van der Waals surface area contributed by atoms with Crippen LogP contribution in [-0.2, 0) is 4.79 Å². The molecular weight excluding hydrogens is 188 g/mol. The largest absolute Gasteiger partial charge is 0.325 e. The topological polar surface area (TPSA) is 42.0 Å². The molecule has 0 spiro atoms. The molecule has 0 aliphatic rings. The molecule has 0 unspecified atom stereocenters. The number of nitrogens with zero attached hydrogens (tertiary/aromatic N) is 1. The lowest BCUT2D eigenvalue weighted by Gasteiger charge is -2.04. The van der Waals surface area contributed by atoms with Gasteiger partial charge in [-0.15, -0.1) is 11.6 Å². The van der Waals surface area contributed by atoms with Gasteiger partial charge < -0.3 is 5.32 Å². The molecule has 0 aliphatic carbocycles. The quantitative estimate of drug-likeness (QED) is 0.738. The number of amides is 1. The fraction of sp³-hybridized carbons (Fsp3) is 0.333. The van der Waals surface area contributed by atoms with E-state index in [1.807, 2.05) is 13.8 Å². The lowest BCUT2D eigenvalue weighted by Crippen LogP contribution is -2.12. The van der Waals surface area contributed by atoms with Crippen LogP contribution >= 0.6 is 11.6 Å². The van der Waals surface area contributed by atoms with Gasteiger partial charge in [0, 0.05) is 17.1 Å². The lowest BCUT2D eigenvalue weighted by molar-refractivity contribution is -0.113. The average Bonchev–Trinajstić information content (AvgIpc) is 2.02. The third kappa shape index (κ3) is 3.03. The van der Waals surface area contributed by atoms with Gasteiger partial charge in [-0.25, -0.2) is 0 Å². The number of alkyl halides is 1. The van der Waals surface area contributed by atoms with Crippen LogP contribution in [0.5, 0.6) is 0 Å². The van der Waals surface area contributed by atoms with Crippen LogP contribution in [0.25, 0.3) is 0 Å². The van der Waals surface area contributed by atoms with E-state index < -0.39 is 0 Å². The fourth-order valence-corrected chi connectivity index (χ4v) is 1.17. The van der Waals surface area contributed by atoms with Gasteiger partial charge in [-0.3, -0.25) is 9.78 Å². The second-order valence-electron chi connectivity index (χ2n) is 2.82. The lowest BCUT2D eigenvalue weighted by atomic mass is 10.3. The van der Waals surface area contributed by atoms with E-state index in [4.69, 9.17) is 11.6 Å². The van der Waals surface area contributed by atoms with Gasteiger partial charge in [-0.05, 0) is 26.0 Å². The summed E-state index contributed by atoms with van der Waals surface area (Å²) in [5, 5.41) is 2.66. The number of hydrogen-bond donors (Lipinski definition) is 1. The molecule has 0 atom stereocenters. The van der Waals surface area contributed by atoms with E-state index in [2.05, 4.69) is 10.3 Å². The van der Waals surface area contributed by atoms with Crippen LogP contribution in [0.2, 0.25) is 0 Å². The molecule has 0 saturated carbocycles. The maximum atomic E-state index is 10.9. The second kappa shape index (κ2) is 4.23. The number of halogens is 1. The fourth-order valence-electron chi connectivity index (χ4n) is 1.10. The Morgan fingerprint density at radius 2 is 2.00 bits per heavy atom. The summed E-state index contributed by atoms with van der Waals surface area (Å²) in [5.74, 6) is -0.230. The van der Waals surface area contributed by atoms with Gasteiger partial charge in [-0.1, -0.05) is 0 Å². The number of aromatic nitrogens is 1. The van der Waals surface area contributed by atoms with E-state index in [1.54, 1.807) is 12.1 Å². The van der Waals surface area contributed by atoms with Crippen LogP contribution in [0.4, 0.5) is 5.69 Å². The van der Waals surface area contributed by atoms with Crippen molar-refractivity contribution < 1.29 is 4.79 Å². The molecule has 1 rings (SSSR count). The minimum Gasteiger partial charge on any atom is -0.325 e. The molecule has 0 aromatic carbocycles. The Morgan fingerprint density at radius 1 is 1.46 bits per heavy atom. The van der Waals surface area contributed by atoms with E-state index in [9.17, 15) is 4.79 Å². The van der Waals surface area contributed by atoms with Crippen molar-refractivity contribution in [3.63, 3.8) is 0 Å². The van der Waals surface area contributed by atoms with E-state index in [0.717, 1.165) is 17.1 Å². The second-order valence-corrected chi connectivity index (χ2v) is 3.09. The summed E-state index contributed by atoms with van der Waals surface area (Å²) < 4.78 is 0. The predicted molar refractivity (Wildman–Crippen MR) is 53.1 cm³/mol. The number of rotatable bonds is 2. The molecule has 0 saturated heterocycles. The van der Waals surface area contributed by atoms with Gasteiger partial charge in [0.2, 0.25) is 5.91 Å². The van der Waals surface area contributed by atoms with Crippen molar-refractivity contribution in [2.75, 3.05) is 11.2 Å². The van der Waals surface area contributed by atoms with E-state index in [1.165, 1.54) is 0 Å². The summed E-state index contributed by atoms with van der Waals surface area (Å²) in [5.41, 5.74) is 2.50. The predicted octanol–water partition coefficient (Wildman–Crippen LogP) is 1.88. The molecule has 1 amide bonds. The molecule has 70 valence electrons. The van der Waals surface area contributed by atoms with Crippen molar-refractivity contribution in [3.05, 3.63) is 23.5 Å². The van der Waals surface area contributed by atoms with Crippen LogP contribution in [-0.4, -0.2) is 16.8 Å². The number of hydrogen-bond acceptors (Lipinski definition) is 2. The molecule has 0 aliphatic heterocycles. The number of anilines is 1. The first-order valence-electron chi connectivity index (χ1n) is 3.93. The molecule has 1 aromatic heterocycles. The van der Waals surface area contributed by atoms with Crippen molar-refractivity contribution in [1.29, 1.82) is 0 Å². The Labute approximate surface area is 82.1 Å². The zero-order chi connectivity index (χ0) is 9.84. The summed E-state index contributed by atoms with van der Waals surface area (Å²) in [4.78, 5) is 15.1. The van der Waals surface area contributed by atoms with Crippen LogP contribution in [0.15, 0.2) is 12.1 Å². The van der Waals surface area contributed by atoms with Crippen LogP contribution in [0.3, 0.4) is 0 Å². The highest BCUT2D eigenvalue weighted by Crippen LogP contribution is 2.10. The van der Waals surface area contributed by atoms with E-state index >= 15 is 0 Å². The maximum absolute atomic E-state index is 10.9. The van der Waals surface area contributed by atoms with E-state index in [0.29, 0.717) is 0 Å². The van der Waals surface area contributed by atoms with Gasteiger partial charge in [0.05, 0.1) is 0 Å². The molecule has 13 heavy (non-hydrogen) atoms. The van der Waals surface area contributed by atoms with Crippen molar-refractivity contribution in [3.8, 4) is 0 Å². The first-order valence-corrected chi connectivity index (χ1v) is 4.46. The molecule has 1 aromatic rings. The van der Waals surface area contributed by atoms with Gasteiger partial charge >= 0.3 is 0 Å². The summed E-state index contributed by atoms with van der Waals surface area (Å²) >= 11 is 5.35. The molecule has 4 heteroatoms. The van der Waals surface area contributed by atoms with Gasteiger partial charge in [0.15, 0.2) is 0 Å². The van der Waals surface area contributed by atoms with Crippen molar-refractivity contribution in [2.24, 2.45) is 0 Å². The molecule has 1 heterocycles. The first kappa shape index (κ1) is 9.99. The van der Waals surface area contributed by atoms with Crippen LogP contribution < -0.4 is 5.32 Å². The first-order chi connectivity index (χ1) is 6.11. The minimum atomic E-state index is -0.202. The number of carbonyl (C=O) groups is 1. The smallest absolute Gasteiger partial charge is 0.239 e. The number of nitrogens with one attached hydrogen (secondary N) is 1. The number of pyridine rings is 1. The normalized spacial score (nSPS) is 9.77. The van der Waals surface area contributed by atoms with Crippen molar-refractivity contribution in [2.45, 2.75) is 13.8 Å². The Bertz CT molecular complexity index is 305. The van der Waals surface area contributed by atoms with Crippen molar-refractivity contribution >= 4 is 23.2 Å². The highest BCUT2D eigenvalue weighted by Gasteiger charge is 2.01. The Morgan fingerprint density at radius 3 is 2.46 bits per heavy atom. The van der Waals surface area contributed by atoms with Gasteiger partial charge in [0.25, 0.3) is 0 Å². The zero-order valence-electron chi connectivity index (χ0n) is 7.60. The number of aryl methyl sites for hydroxylation is 2. The molecule has 3 nitrogen and oxygen atoms in total. The van der Waals surface area contributed by atoms with E-state index in [-0.39, 0.29) is 11.8 Å². The molecule has 0 fully saturated rings. The Balaban J connectivity index is 2.83. The molecular formula is C9H11ClN2O. The molecule has 1 N–H and O–H groups in total.